The minimum atomic E-state index is 0.0520. The smallest absolute Gasteiger partial charge is 0.234 e. The van der Waals surface area contributed by atoms with Crippen molar-refractivity contribution in [3.8, 4) is 0 Å². The molecule has 3 nitrogen and oxygen atoms in total. The number of aromatic nitrogens is 1. The van der Waals surface area contributed by atoms with Crippen LogP contribution in [0.2, 0.25) is 0 Å². The van der Waals surface area contributed by atoms with Crippen molar-refractivity contribution in [2.75, 3.05) is 11.1 Å². The molecule has 0 saturated heterocycles. The Morgan fingerprint density at radius 1 is 1.04 bits per heavy atom. The lowest BCUT2D eigenvalue weighted by Gasteiger charge is -2.20. The Bertz CT molecular complexity index is 872. The van der Waals surface area contributed by atoms with Gasteiger partial charge in [0.2, 0.25) is 5.91 Å². The molecule has 1 N–H and O–H groups in total. The lowest BCUT2D eigenvalue weighted by atomic mass is 9.92. The molecular weight excluding hydrogens is 372 g/mol. The molecule has 0 aliphatic heterocycles. The van der Waals surface area contributed by atoms with Crippen molar-refractivity contribution in [1.82, 2.24) is 4.98 Å². The van der Waals surface area contributed by atoms with E-state index < -0.39 is 0 Å². The second kappa shape index (κ2) is 8.89. The van der Waals surface area contributed by atoms with Gasteiger partial charge in [0.25, 0.3) is 0 Å². The molecule has 142 valence electrons. The molecule has 0 bridgehead atoms. The van der Waals surface area contributed by atoms with E-state index in [4.69, 9.17) is 0 Å². The third-order valence-electron chi connectivity index (χ3n) is 4.43. The molecule has 1 heterocycles. The monoisotopic (exact) mass is 398 g/mol. The van der Waals surface area contributed by atoms with Crippen LogP contribution in [0.25, 0.3) is 10.2 Å². The quantitative estimate of drug-likeness (QED) is 0.499. The highest BCUT2D eigenvalue weighted by Crippen LogP contribution is 2.32. The summed E-state index contributed by atoms with van der Waals surface area (Å²) in [6.45, 7) is 8.65. The van der Waals surface area contributed by atoms with Gasteiger partial charge in [-0.1, -0.05) is 58.0 Å². The topological polar surface area (TPSA) is 42.0 Å². The van der Waals surface area contributed by atoms with E-state index in [-0.39, 0.29) is 5.91 Å². The van der Waals surface area contributed by atoms with Crippen LogP contribution in [-0.2, 0) is 10.5 Å². The number of thiazole rings is 1. The SMILES string of the molecule is CC(C)c1cccc(C(C)C)c1NC(=O)CSCc1nc2ccccc2s1. The molecule has 3 rings (SSSR count). The molecule has 1 aromatic heterocycles. The second-order valence-electron chi connectivity index (χ2n) is 7.24. The number of hydrogen-bond donors (Lipinski definition) is 1. The normalized spacial score (nSPS) is 11.5. The Morgan fingerprint density at radius 2 is 1.70 bits per heavy atom. The lowest BCUT2D eigenvalue weighted by Crippen LogP contribution is -2.17. The first-order valence-electron chi connectivity index (χ1n) is 9.30. The predicted molar refractivity (Wildman–Crippen MR) is 119 cm³/mol. The Kier molecular flexibility index (Phi) is 6.55. The molecule has 0 fully saturated rings. The van der Waals surface area contributed by atoms with Crippen LogP contribution >= 0.6 is 23.1 Å². The number of hydrogen-bond acceptors (Lipinski definition) is 4. The zero-order valence-electron chi connectivity index (χ0n) is 16.3. The van der Waals surface area contributed by atoms with Crippen molar-refractivity contribution in [3.63, 3.8) is 0 Å². The molecule has 2 aromatic carbocycles. The molecule has 27 heavy (non-hydrogen) atoms. The van der Waals surface area contributed by atoms with Crippen LogP contribution in [0.15, 0.2) is 42.5 Å². The van der Waals surface area contributed by atoms with E-state index in [0.29, 0.717) is 17.6 Å². The molecule has 0 atom stereocenters. The van der Waals surface area contributed by atoms with Crippen LogP contribution in [0.4, 0.5) is 5.69 Å². The van der Waals surface area contributed by atoms with E-state index in [9.17, 15) is 4.79 Å². The van der Waals surface area contributed by atoms with Gasteiger partial charge in [0.1, 0.15) is 5.01 Å². The van der Waals surface area contributed by atoms with Crippen molar-refractivity contribution >= 4 is 44.9 Å². The van der Waals surface area contributed by atoms with Gasteiger partial charge in [-0.05, 0) is 35.1 Å². The summed E-state index contributed by atoms with van der Waals surface area (Å²) >= 11 is 3.32. The molecular formula is C22H26N2OS2. The molecule has 0 aliphatic rings. The highest BCUT2D eigenvalue weighted by Gasteiger charge is 2.16. The highest BCUT2D eigenvalue weighted by atomic mass is 32.2. The van der Waals surface area contributed by atoms with E-state index in [1.165, 1.54) is 15.8 Å². The molecule has 5 heteroatoms. The van der Waals surface area contributed by atoms with Crippen molar-refractivity contribution in [2.24, 2.45) is 0 Å². The first-order chi connectivity index (χ1) is 13.0. The summed E-state index contributed by atoms with van der Waals surface area (Å²) in [5.74, 6) is 1.98. The summed E-state index contributed by atoms with van der Waals surface area (Å²) in [6.07, 6.45) is 0. The number of para-hydroxylation sites is 2. The molecule has 0 saturated carbocycles. The number of fused-ring (bicyclic) bond motifs is 1. The summed E-state index contributed by atoms with van der Waals surface area (Å²) < 4.78 is 1.20. The van der Waals surface area contributed by atoms with Crippen LogP contribution in [0, 0.1) is 0 Å². The molecule has 3 aromatic rings. The van der Waals surface area contributed by atoms with Crippen molar-refractivity contribution in [1.29, 1.82) is 0 Å². The van der Waals surface area contributed by atoms with Crippen LogP contribution in [-0.4, -0.2) is 16.6 Å². The zero-order chi connectivity index (χ0) is 19.4. The van der Waals surface area contributed by atoms with Gasteiger partial charge in [0.15, 0.2) is 0 Å². The Hall–Kier alpha value is -1.85. The zero-order valence-corrected chi connectivity index (χ0v) is 17.9. The fourth-order valence-corrected chi connectivity index (χ4v) is 4.93. The molecule has 0 spiro atoms. The fourth-order valence-electron chi connectivity index (χ4n) is 3.08. The van der Waals surface area contributed by atoms with Crippen molar-refractivity contribution < 1.29 is 4.79 Å². The molecule has 0 radical (unpaired) electrons. The fraction of sp³-hybridized carbons (Fsp3) is 0.364. The minimum absolute atomic E-state index is 0.0520. The second-order valence-corrected chi connectivity index (χ2v) is 9.34. The van der Waals surface area contributed by atoms with E-state index in [1.807, 2.05) is 18.2 Å². The maximum absolute atomic E-state index is 12.6. The van der Waals surface area contributed by atoms with E-state index in [0.717, 1.165) is 22.0 Å². The van der Waals surface area contributed by atoms with Gasteiger partial charge in [0, 0.05) is 11.4 Å². The average molecular weight is 399 g/mol. The maximum Gasteiger partial charge on any atom is 0.234 e. The number of amides is 1. The van der Waals surface area contributed by atoms with Gasteiger partial charge >= 0.3 is 0 Å². The summed E-state index contributed by atoms with van der Waals surface area (Å²) in [7, 11) is 0. The number of carbonyl (C=O) groups is 1. The largest absolute Gasteiger partial charge is 0.325 e. The van der Waals surface area contributed by atoms with Crippen LogP contribution in [0.1, 0.15) is 55.7 Å². The number of benzene rings is 2. The molecule has 0 unspecified atom stereocenters. The van der Waals surface area contributed by atoms with Crippen LogP contribution in [0.5, 0.6) is 0 Å². The number of anilines is 1. The number of carbonyl (C=O) groups excluding carboxylic acids is 1. The molecule has 0 aliphatic carbocycles. The third kappa shape index (κ3) is 4.90. The third-order valence-corrected chi connectivity index (χ3v) is 6.60. The van der Waals surface area contributed by atoms with Crippen molar-refractivity contribution in [2.45, 2.75) is 45.3 Å². The minimum Gasteiger partial charge on any atom is -0.325 e. The average Bonchev–Trinajstić information content (AvgIpc) is 3.04. The van der Waals surface area contributed by atoms with E-state index in [1.54, 1.807) is 23.1 Å². The summed E-state index contributed by atoms with van der Waals surface area (Å²) in [6, 6.07) is 14.5. The van der Waals surface area contributed by atoms with Crippen LogP contribution in [0.3, 0.4) is 0 Å². The standard InChI is InChI=1S/C22H26N2OS2/c1-14(2)16-8-7-9-17(15(3)4)22(16)24-20(25)12-26-13-21-23-18-10-5-6-11-19(18)27-21/h5-11,14-15H,12-13H2,1-4H3,(H,24,25). The Morgan fingerprint density at radius 3 is 2.33 bits per heavy atom. The summed E-state index contributed by atoms with van der Waals surface area (Å²) in [5, 5.41) is 4.25. The van der Waals surface area contributed by atoms with Gasteiger partial charge in [-0.3, -0.25) is 4.79 Å². The highest BCUT2D eigenvalue weighted by molar-refractivity contribution is 7.99. The van der Waals surface area contributed by atoms with E-state index >= 15 is 0 Å². The number of nitrogens with zero attached hydrogens (tertiary/aromatic N) is 1. The van der Waals surface area contributed by atoms with Gasteiger partial charge in [-0.25, -0.2) is 4.98 Å². The van der Waals surface area contributed by atoms with Crippen molar-refractivity contribution in [3.05, 3.63) is 58.6 Å². The summed E-state index contributed by atoms with van der Waals surface area (Å²) in [5.41, 5.74) is 4.43. The van der Waals surface area contributed by atoms with Gasteiger partial charge in [-0.2, -0.15) is 0 Å². The number of nitrogens with one attached hydrogen (secondary N) is 1. The maximum atomic E-state index is 12.6. The van der Waals surface area contributed by atoms with Crippen LogP contribution < -0.4 is 5.32 Å². The predicted octanol–water partition coefficient (Wildman–Crippen LogP) is 6.42. The Balaban J connectivity index is 1.64. The van der Waals surface area contributed by atoms with Gasteiger partial charge < -0.3 is 5.32 Å². The first kappa shape index (κ1) is 19.9. The van der Waals surface area contributed by atoms with Gasteiger partial charge in [0.05, 0.1) is 16.0 Å². The van der Waals surface area contributed by atoms with Gasteiger partial charge in [-0.15, -0.1) is 23.1 Å². The molecule has 1 amide bonds. The Labute approximate surface area is 169 Å². The number of thioether (sulfide) groups is 1. The lowest BCUT2D eigenvalue weighted by molar-refractivity contribution is -0.113. The summed E-state index contributed by atoms with van der Waals surface area (Å²) in [4.78, 5) is 17.2. The number of rotatable bonds is 7. The first-order valence-corrected chi connectivity index (χ1v) is 11.3. The van der Waals surface area contributed by atoms with E-state index in [2.05, 4.69) is 62.3 Å².